The van der Waals surface area contributed by atoms with E-state index in [4.69, 9.17) is 0 Å². The molecular formula is C13H19ClN2O. The Morgan fingerprint density at radius 3 is 2.59 bits per heavy atom. The molecule has 2 rings (SSSR count). The molecule has 1 aliphatic heterocycles. The second-order valence-electron chi connectivity index (χ2n) is 4.42. The van der Waals surface area contributed by atoms with Crippen molar-refractivity contribution < 1.29 is 4.79 Å². The highest BCUT2D eigenvalue weighted by atomic mass is 35.5. The topological polar surface area (TPSA) is 32.3 Å². The van der Waals surface area contributed by atoms with E-state index in [1.165, 1.54) is 5.56 Å². The van der Waals surface area contributed by atoms with Crippen molar-refractivity contribution in [2.24, 2.45) is 0 Å². The summed E-state index contributed by atoms with van der Waals surface area (Å²) in [5.41, 5.74) is 2.32. The number of halogens is 1. The Morgan fingerprint density at radius 1 is 1.41 bits per heavy atom. The molecule has 1 saturated heterocycles. The Kier molecular flexibility index (Phi) is 4.97. The maximum Gasteiger partial charge on any atom is 0.227 e. The molecule has 1 fully saturated rings. The van der Waals surface area contributed by atoms with Gasteiger partial charge in [0.25, 0.3) is 0 Å². The van der Waals surface area contributed by atoms with Crippen LogP contribution in [0.2, 0.25) is 0 Å². The fourth-order valence-electron chi connectivity index (χ4n) is 1.85. The molecule has 0 spiro atoms. The standard InChI is InChI=1S/C13H18N2O.ClH/c1-10-5-3-4-6-11(10)7-13(16)15(2)12-8-14-9-12;/h3-6,12,14H,7-9H2,1-2H3;1H. The maximum absolute atomic E-state index is 12.0. The van der Waals surface area contributed by atoms with Gasteiger partial charge in [-0.3, -0.25) is 4.79 Å². The molecule has 0 atom stereocenters. The number of likely N-dealkylation sites (N-methyl/N-ethyl adjacent to an activating group) is 1. The smallest absolute Gasteiger partial charge is 0.227 e. The van der Waals surface area contributed by atoms with Gasteiger partial charge in [0.15, 0.2) is 0 Å². The number of amides is 1. The monoisotopic (exact) mass is 254 g/mol. The lowest BCUT2D eigenvalue weighted by molar-refractivity contribution is -0.132. The number of carbonyl (C=O) groups excluding carboxylic acids is 1. The molecule has 0 saturated carbocycles. The van der Waals surface area contributed by atoms with Gasteiger partial charge in [-0.15, -0.1) is 12.4 Å². The first kappa shape index (κ1) is 14.0. The third-order valence-corrected chi connectivity index (χ3v) is 3.30. The van der Waals surface area contributed by atoms with Crippen LogP contribution in [-0.4, -0.2) is 37.0 Å². The molecule has 0 aliphatic carbocycles. The Bertz CT molecular complexity index is 391. The van der Waals surface area contributed by atoms with Crippen molar-refractivity contribution in [3.63, 3.8) is 0 Å². The van der Waals surface area contributed by atoms with Gasteiger partial charge in [0.2, 0.25) is 5.91 Å². The van der Waals surface area contributed by atoms with E-state index in [0.717, 1.165) is 18.7 Å². The number of rotatable bonds is 3. The van der Waals surface area contributed by atoms with Crippen LogP contribution in [0.15, 0.2) is 24.3 Å². The third-order valence-electron chi connectivity index (χ3n) is 3.30. The van der Waals surface area contributed by atoms with Crippen LogP contribution in [0.4, 0.5) is 0 Å². The number of benzene rings is 1. The fourth-order valence-corrected chi connectivity index (χ4v) is 1.85. The molecule has 4 heteroatoms. The number of carbonyl (C=O) groups is 1. The summed E-state index contributed by atoms with van der Waals surface area (Å²) in [5.74, 6) is 0.209. The van der Waals surface area contributed by atoms with Gasteiger partial charge >= 0.3 is 0 Å². The molecular weight excluding hydrogens is 236 g/mol. The average molecular weight is 255 g/mol. The van der Waals surface area contributed by atoms with Gasteiger partial charge in [0.05, 0.1) is 12.5 Å². The molecule has 0 unspecified atom stereocenters. The number of hydrogen-bond donors (Lipinski definition) is 1. The summed E-state index contributed by atoms with van der Waals surface area (Å²) in [4.78, 5) is 13.9. The van der Waals surface area contributed by atoms with Crippen molar-refractivity contribution in [1.82, 2.24) is 10.2 Å². The van der Waals surface area contributed by atoms with E-state index in [1.54, 1.807) is 0 Å². The molecule has 1 aliphatic rings. The number of nitrogens with zero attached hydrogens (tertiary/aromatic N) is 1. The Hall–Kier alpha value is -1.06. The third kappa shape index (κ3) is 3.20. The maximum atomic E-state index is 12.0. The van der Waals surface area contributed by atoms with E-state index < -0.39 is 0 Å². The molecule has 1 amide bonds. The summed E-state index contributed by atoms with van der Waals surface area (Å²) < 4.78 is 0. The molecule has 1 N–H and O–H groups in total. The first-order valence-electron chi connectivity index (χ1n) is 5.69. The molecule has 1 aromatic rings. The largest absolute Gasteiger partial charge is 0.340 e. The lowest BCUT2D eigenvalue weighted by atomic mass is 10.0. The molecule has 3 nitrogen and oxygen atoms in total. The van der Waals surface area contributed by atoms with Crippen molar-refractivity contribution >= 4 is 18.3 Å². The minimum atomic E-state index is 0. The summed E-state index contributed by atoms with van der Waals surface area (Å²) in [5, 5.41) is 3.18. The predicted octanol–water partition coefficient (Wildman–Crippen LogP) is 1.39. The zero-order valence-corrected chi connectivity index (χ0v) is 11.1. The van der Waals surface area contributed by atoms with Gasteiger partial charge in [-0.25, -0.2) is 0 Å². The SMILES string of the molecule is Cc1ccccc1CC(=O)N(C)C1CNC1.Cl. The summed E-state index contributed by atoms with van der Waals surface area (Å²) in [7, 11) is 1.89. The first-order chi connectivity index (χ1) is 7.68. The molecule has 1 aromatic carbocycles. The van der Waals surface area contributed by atoms with Crippen LogP contribution in [0, 0.1) is 6.92 Å². The average Bonchev–Trinajstić information content (AvgIpc) is 2.18. The zero-order valence-electron chi connectivity index (χ0n) is 10.3. The Balaban J connectivity index is 0.00000144. The number of hydrogen-bond acceptors (Lipinski definition) is 2. The normalized spacial score (nSPS) is 14.7. The molecule has 1 heterocycles. The van der Waals surface area contributed by atoms with Gasteiger partial charge in [-0.05, 0) is 18.1 Å². The van der Waals surface area contributed by atoms with E-state index in [-0.39, 0.29) is 18.3 Å². The first-order valence-corrected chi connectivity index (χ1v) is 5.69. The molecule has 17 heavy (non-hydrogen) atoms. The second kappa shape index (κ2) is 6.03. The summed E-state index contributed by atoms with van der Waals surface area (Å²) in [6, 6.07) is 8.45. The predicted molar refractivity (Wildman–Crippen MR) is 71.6 cm³/mol. The van der Waals surface area contributed by atoms with E-state index in [0.29, 0.717) is 12.5 Å². The van der Waals surface area contributed by atoms with Crippen molar-refractivity contribution in [3.8, 4) is 0 Å². The van der Waals surface area contributed by atoms with E-state index in [2.05, 4.69) is 5.32 Å². The van der Waals surface area contributed by atoms with Gasteiger partial charge in [-0.1, -0.05) is 24.3 Å². The van der Waals surface area contributed by atoms with Crippen LogP contribution in [0.3, 0.4) is 0 Å². The number of aryl methyl sites for hydroxylation is 1. The fraction of sp³-hybridized carbons (Fsp3) is 0.462. The highest BCUT2D eigenvalue weighted by Crippen LogP contribution is 2.11. The van der Waals surface area contributed by atoms with Crippen LogP contribution in [0.1, 0.15) is 11.1 Å². The van der Waals surface area contributed by atoms with Crippen molar-refractivity contribution in [1.29, 1.82) is 0 Å². The Labute approximate surface area is 109 Å². The van der Waals surface area contributed by atoms with E-state index >= 15 is 0 Å². The summed E-state index contributed by atoms with van der Waals surface area (Å²) >= 11 is 0. The zero-order chi connectivity index (χ0) is 11.5. The highest BCUT2D eigenvalue weighted by molar-refractivity contribution is 5.85. The van der Waals surface area contributed by atoms with Crippen LogP contribution >= 0.6 is 12.4 Å². The lowest BCUT2D eigenvalue weighted by Gasteiger charge is -2.35. The number of nitrogens with one attached hydrogen (secondary N) is 1. The lowest BCUT2D eigenvalue weighted by Crippen LogP contribution is -2.57. The van der Waals surface area contributed by atoms with Crippen molar-refractivity contribution in [2.45, 2.75) is 19.4 Å². The van der Waals surface area contributed by atoms with Crippen molar-refractivity contribution in [3.05, 3.63) is 35.4 Å². The van der Waals surface area contributed by atoms with Crippen LogP contribution in [-0.2, 0) is 11.2 Å². The van der Waals surface area contributed by atoms with E-state index in [1.807, 2.05) is 43.1 Å². The molecule has 0 bridgehead atoms. The Morgan fingerprint density at radius 2 is 2.06 bits per heavy atom. The van der Waals surface area contributed by atoms with Crippen LogP contribution in [0.5, 0.6) is 0 Å². The van der Waals surface area contributed by atoms with E-state index in [9.17, 15) is 4.79 Å². The van der Waals surface area contributed by atoms with Gasteiger partial charge in [-0.2, -0.15) is 0 Å². The molecule has 94 valence electrons. The second-order valence-corrected chi connectivity index (χ2v) is 4.42. The van der Waals surface area contributed by atoms with Gasteiger partial charge in [0.1, 0.15) is 0 Å². The highest BCUT2D eigenvalue weighted by Gasteiger charge is 2.25. The summed E-state index contributed by atoms with van der Waals surface area (Å²) in [6.07, 6.45) is 0.514. The van der Waals surface area contributed by atoms with Gasteiger partial charge in [0, 0.05) is 20.1 Å². The minimum Gasteiger partial charge on any atom is -0.340 e. The summed E-state index contributed by atoms with van der Waals surface area (Å²) in [6.45, 7) is 3.90. The minimum absolute atomic E-state index is 0. The van der Waals surface area contributed by atoms with Crippen LogP contribution in [0.25, 0.3) is 0 Å². The van der Waals surface area contributed by atoms with Gasteiger partial charge < -0.3 is 10.2 Å². The molecule has 0 aromatic heterocycles. The van der Waals surface area contributed by atoms with Crippen LogP contribution < -0.4 is 5.32 Å². The van der Waals surface area contributed by atoms with Crippen molar-refractivity contribution in [2.75, 3.05) is 20.1 Å². The quantitative estimate of drug-likeness (QED) is 0.884. The molecule has 0 radical (unpaired) electrons.